The largest absolute Gasteiger partial charge is 0.493 e. The fraction of sp³-hybridized carbons (Fsp3) is 0.478. The second-order valence-corrected chi connectivity index (χ2v) is 7.17. The normalized spacial score (nSPS) is 17.6. The average Bonchev–Trinajstić information content (AvgIpc) is 2.74. The van der Waals surface area contributed by atoms with Crippen LogP contribution in [0.25, 0.3) is 0 Å². The molecule has 2 aromatic rings. The van der Waals surface area contributed by atoms with E-state index < -0.39 is 0 Å². The molecule has 4 nitrogen and oxygen atoms in total. The van der Waals surface area contributed by atoms with Crippen LogP contribution < -0.4 is 14.8 Å². The van der Waals surface area contributed by atoms with Crippen LogP contribution in [-0.2, 0) is 6.42 Å². The first kappa shape index (κ1) is 25.6. The van der Waals surface area contributed by atoms with Crippen molar-refractivity contribution in [2.45, 2.75) is 31.7 Å². The number of piperazine rings is 1. The van der Waals surface area contributed by atoms with Crippen LogP contribution in [0.3, 0.4) is 0 Å². The molecular weight excluding hydrogens is 407 g/mol. The minimum atomic E-state index is 0. The average molecular weight is 441 g/mol. The fourth-order valence-corrected chi connectivity index (χ4v) is 4.17. The highest BCUT2D eigenvalue weighted by Crippen LogP contribution is 2.34. The number of rotatable bonds is 8. The summed E-state index contributed by atoms with van der Waals surface area (Å²) in [6.07, 6.45) is 2.20. The molecule has 1 aliphatic rings. The molecule has 6 heteroatoms. The molecule has 0 spiro atoms. The second-order valence-electron chi connectivity index (χ2n) is 7.17. The van der Waals surface area contributed by atoms with Crippen LogP contribution in [0, 0.1) is 0 Å². The lowest BCUT2D eigenvalue weighted by atomic mass is 9.86. The van der Waals surface area contributed by atoms with Crippen molar-refractivity contribution in [3.63, 3.8) is 0 Å². The summed E-state index contributed by atoms with van der Waals surface area (Å²) in [5.41, 5.74) is 2.74. The number of ether oxygens (including phenoxy) is 2. The minimum absolute atomic E-state index is 0. The summed E-state index contributed by atoms with van der Waals surface area (Å²) in [5.74, 6) is 2.07. The van der Waals surface area contributed by atoms with Gasteiger partial charge >= 0.3 is 0 Å². The van der Waals surface area contributed by atoms with Gasteiger partial charge in [-0.3, -0.25) is 4.90 Å². The topological polar surface area (TPSA) is 33.7 Å². The van der Waals surface area contributed by atoms with Gasteiger partial charge in [-0.05, 0) is 36.1 Å². The predicted molar refractivity (Wildman–Crippen MR) is 125 cm³/mol. The lowest BCUT2D eigenvalue weighted by molar-refractivity contribution is 0.137. The smallest absolute Gasteiger partial charge is 0.160 e. The third kappa shape index (κ3) is 6.51. The summed E-state index contributed by atoms with van der Waals surface area (Å²) >= 11 is 0. The van der Waals surface area contributed by atoms with Crippen LogP contribution in [0.5, 0.6) is 11.5 Å². The first-order valence-corrected chi connectivity index (χ1v) is 9.97. The van der Waals surface area contributed by atoms with Crippen molar-refractivity contribution < 1.29 is 9.47 Å². The Balaban J connectivity index is 0.00000210. The number of benzene rings is 2. The number of nitrogens with zero attached hydrogens (tertiary/aromatic N) is 1. The maximum Gasteiger partial charge on any atom is 0.160 e. The van der Waals surface area contributed by atoms with Gasteiger partial charge in [-0.2, -0.15) is 0 Å². The van der Waals surface area contributed by atoms with E-state index in [1.807, 2.05) is 6.07 Å². The van der Waals surface area contributed by atoms with Gasteiger partial charge in [0.15, 0.2) is 11.5 Å². The molecule has 1 saturated heterocycles. The molecular formula is C23H34Cl2N2O2. The van der Waals surface area contributed by atoms with E-state index in [4.69, 9.17) is 9.47 Å². The number of nitrogens with one attached hydrogen (secondary N) is 1. The zero-order valence-corrected chi connectivity index (χ0v) is 19.2. The van der Waals surface area contributed by atoms with Crippen LogP contribution in [0.2, 0.25) is 0 Å². The van der Waals surface area contributed by atoms with Gasteiger partial charge in [0.05, 0.1) is 14.2 Å². The molecule has 0 radical (unpaired) electrons. The van der Waals surface area contributed by atoms with E-state index in [1.54, 1.807) is 14.2 Å². The van der Waals surface area contributed by atoms with Crippen molar-refractivity contribution in [1.82, 2.24) is 10.2 Å². The molecule has 1 heterocycles. The van der Waals surface area contributed by atoms with Gasteiger partial charge < -0.3 is 14.8 Å². The molecule has 0 aromatic heterocycles. The van der Waals surface area contributed by atoms with E-state index in [1.165, 1.54) is 11.1 Å². The molecule has 2 atom stereocenters. The van der Waals surface area contributed by atoms with Gasteiger partial charge in [0.1, 0.15) is 0 Å². The van der Waals surface area contributed by atoms with Crippen LogP contribution >= 0.6 is 24.8 Å². The summed E-state index contributed by atoms with van der Waals surface area (Å²) in [6.45, 7) is 6.57. The Kier molecular flexibility index (Phi) is 11.4. The lowest BCUT2D eigenvalue weighted by Gasteiger charge is -2.41. The predicted octanol–water partition coefficient (Wildman–Crippen LogP) is 4.56. The van der Waals surface area contributed by atoms with E-state index in [9.17, 15) is 0 Å². The zero-order chi connectivity index (χ0) is 19.1. The van der Waals surface area contributed by atoms with Crippen molar-refractivity contribution in [1.29, 1.82) is 0 Å². The van der Waals surface area contributed by atoms with Crippen LogP contribution in [0.4, 0.5) is 0 Å². The Hall–Kier alpha value is -1.46. The molecule has 0 saturated carbocycles. The van der Waals surface area contributed by atoms with Crippen molar-refractivity contribution in [2.24, 2.45) is 0 Å². The van der Waals surface area contributed by atoms with Crippen LogP contribution in [0.15, 0.2) is 48.5 Å². The molecule has 2 unspecified atom stereocenters. The van der Waals surface area contributed by atoms with E-state index in [0.29, 0.717) is 12.0 Å². The van der Waals surface area contributed by atoms with E-state index in [-0.39, 0.29) is 24.8 Å². The van der Waals surface area contributed by atoms with E-state index >= 15 is 0 Å². The highest BCUT2D eigenvalue weighted by molar-refractivity contribution is 5.85. The number of hydrogen-bond donors (Lipinski definition) is 1. The highest BCUT2D eigenvalue weighted by atomic mass is 35.5. The van der Waals surface area contributed by atoms with Crippen molar-refractivity contribution in [2.75, 3.05) is 40.4 Å². The molecule has 2 aromatic carbocycles. The van der Waals surface area contributed by atoms with Crippen molar-refractivity contribution >= 4 is 24.8 Å². The Morgan fingerprint density at radius 1 is 1.03 bits per heavy atom. The minimum Gasteiger partial charge on any atom is -0.493 e. The van der Waals surface area contributed by atoms with E-state index in [2.05, 4.69) is 59.6 Å². The van der Waals surface area contributed by atoms with Gasteiger partial charge in [-0.15, -0.1) is 24.8 Å². The summed E-state index contributed by atoms with van der Waals surface area (Å²) in [4.78, 5) is 2.66. The monoisotopic (exact) mass is 440 g/mol. The summed E-state index contributed by atoms with van der Waals surface area (Å²) in [7, 11) is 3.39. The fourth-order valence-electron chi connectivity index (χ4n) is 4.17. The Labute approximate surface area is 187 Å². The molecule has 1 aliphatic heterocycles. The van der Waals surface area contributed by atoms with Crippen LogP contribution in [0.1, 0.15) is 30.4 Å². The van der Waals surface area contributed by atoms with E-state index in [0.717, 1.165) is 50.5 Å². The molecule has 0 aliphatic carbocycles. The third-order valence-electron chi connectivity index (χ3n) is 5.67. The SMILES string of the molecule is CCC(c1ccc(OC)c(OC)c1)C1CNCCN1CCc1ccccc1.Cl.Cl. The number of halogens is 2. The second kappa shape index (κ2) is 13.0. The summed E-state index contributed by atoms with van der Waals surface area (Å²) in [6, 6.07) is 17.7. The van der Waals surface area contributed by atoms with Crippen LogP contribution in [-0.4, -0.2) is 51.3 Å². The molecule has 3 rings (SSSR count). The lowest BCUT2D eigenvalue weighted by Crippen LogP contribution is -2.54. The molecule has 1 N–H and O–H groups in total. The van der Waals surface area contributed by atoms with Gasteiger partial charge in [-0.25, -0.2) is 0 Å². The highest BCUT2D eigenvalue weighted by Gasteiger charge is 2.30. The Morgan fingerprint density at radius 2 is 1.76 bits per heavy atom. The maximum absolute atomic E-state index is 5.54. The zero-order valence-electron chi connectivity index (χ0n) is 17.6. The molecule has 0 amide bonds. The Bertz CT molecular complexity index is 715. The first-order valence-electron chi connectivity index (χ1n) is 9.97. The van der Waals surface area contributed by atoms with Crippen molar-refractivity contribution in [3.05, 3.63) is 59.7 Å². The van der Waals surface area contributed by atoms with Gasteiger partial charge in [0, 0.05) is 38.1 Å². The summed E-state index contributed by atoms with van der Waals surface area (Å²) in [5, 5.41) is 3.60. The molecule has 1 fully saturated rings. The number of hydrogen-bond acceptors (Lipinski definition) is 4. The Morgan fingerprint density at radius 3 is 2.41 bits per heavy atom. The molecule has 162 valence electrons. The third-order valence-corrected chi connectivity index (χ3v) is 5.67. The number of methoxy groups -OCH3 is 2. The maximum atomic E-state index is 5.54. The standard InChI is InChI=1S/C23H32N2O2.2ClH/c1-4-20(19-10-11-22(26-2)23(16-19)27-3)21-17-24-13-15-25(21)14-12-18-8-6-5-7-9-18;;/h5-11,16,20-21,24H,4,12-15,17H2,1-3H3;2*1H. The van der Waals surface area contributed by atoms with Gasteiger partial charge in [0.25, 0.3) is 0 Å². The van der Waals surface area contributed by atoms with Gasteiger partial charge in [0.2, 0.25) is 0 Å². The molecule has 29 heavy (non-hydrogen) atoms. The molecule has 0 bridgehead atoms. The van der Waals surface area contributed by atoms with Gasteiger partial charge in [-0.1, -0.05) is 43.3 Å². The quantitative estimate of drug-likeness (QED) is 0.652. The van der Waals surface area contributed by atoms with Crippen molar-refractivity contribution in [3.8, 4) is 11.5 Å². The summed E-state index contributed by atoms with van der Waals surface area (Å²) < 4.78 is 10.9. The first-order chi connectivity index (χ1) is 13.3.